The molecule has 0 unspecified atom stereocenters. The molecule has 0 aliphatic heterocycles. The molecule has 0 amide bonds. The van der Waals surface area contributed by atoms with Crippen molar-refractivity contribution in [2.45, 2.75) is 6.92 Å². The molecule has 0 bridgehead atoms. The van der Waals surface area contributed by atoms with Gasteiger partial charge >= 0.3 is 0 Å². The van der Waals surface area contributed by atoms with Gasteiger partial charge in [0.05, 0.1) is 22.5 Å². The highest BCUT2D eigenvalue weighted by Gasteiger charge is 2.08. The van der Waals surface area contributed by atoms with Crippen molar-refractivity contribution in [1.29, 1.82) is 0 Å². The number of aromatic nitrogens is 2. The smallest absolute Gasteiger partial charge is 0.198 e. The van der Waals surface area contributed by atoms with Gasteiger partial charge in [0.25, 0.3) is 0 Å². The van der Waals surface area contributed by atoms with E-state index in [0.29, 0.717) is 22.5 Å². The molecule has 0 saturated heterocycles. The van der Waals surface area contributed by atoms with E-state index in [-0.39, 0.29) is 11.8 Å². The van der Waals surface area contributed by atoms with Gasteiger partial charge in [-0.25, -0.2) is 0 Å². The van der Waals surface area contributed by atoms with Gasteiger partial charge in [0.2, 0.25) is 0 Å². The monoisotopic (exact) mass is 516 g/mol. The van der Waals surface area contributed by atoms with Gasteiger partial charge in [0.1, 0.15) is 0 Å². The number of fused-ring (bicyclic) bond motifs is 2. The third-order valence-corrected chi connectivity index (χ3v) is 6.27. The number of benzene rings is 4. The van der Waals surface area contributed by atoms with Gasteiger partial charge in [-0.15, -0.1) is 0 Å². The third kappa shape index (κ3) is 5.60. The molecule has 0 spiro atoms. The predicted molar refractivity (Wildman–Crippen MR) is 161 cm³/mol. The summed E-state index contributed by atoms with van der Waals surface area (Å²) in [5.41, 5.74) is 18.6. The van der Waals surface area contributed by atoms with E-state index in [1.807, 2.05) is 91.9 Å². The van der Waals surface area contributed by atoms with E-state index in [0.717, 1.165) is 38.7 Å². The number of hydrogen-bond acceptors (Lipinski definition) is 6. The van der Waals surface area contributed by atoms with E-state index in [2.05, 4.69) is 20.0 Å². The maximum atomic E-state index is 9.94. The van der Waals surface area contributed by atoms with Gasteiger partial charge in [-0.2, -0.15) is 0 Å². The number of para-hydroxylation sites is 2. The fourth-order valence-corrected chi connectivity index (χ4v) is 4.15. The molecule has 0 aliphatic carbocycles. The zero-order valence-electron chi connectivity index (χ0n) is 21.3. The number of hydrogen-bond donors (Lipinski definition) is 6. The topological polar surface area (TPSA) is 149 Å². The average Bonchev–Trinajstić information content (AvgIpc) is 3.43. The zero-order valence-corrected chi connectivity index (χ0v) is 21.3. The quantitative estimate of drug-likeness (QED) is 0.114. The summed E-state index contributed by atoms with van der Waals surface area (Å²) in [6, 6.07) is 28.3. The van der Waals surface area contributed by atoms with E-state index < -0.39 is 0 Å². The number of nitrogens with one attached hydrogen (secondary N) is 2. The lowest BCUT2D eigenvalue weighted by atomic mass is 10.1. The lowest BCUT2D eigenvalue weighted by molar-refractivity contribution is 0.457. The number of rotatable bonds is 4. The van der Waals surface area contributed by atoms with Gasteiger partial charge in [0, 0.05) is 45.6 Å². The molecule has 6 aromatic rings. The first kappa shape index (κ1) is 25.2. The Bertz CT molecular complexity index is 1830. The molecule has 0 saturated carbocycles. The SMILES string of the molecule is Cc1ccc(N=Cc2c(O)[nH]c3ccccc23)cc1N.Nc1cccc(N=Cc2c(O)[nH]c3ccccc23)c1. The molecule has 0 radical (unpaired) electrons. The van der Waals surface area contributed by atoms with Crippen LogP contribution in [0.3, 0.4) is 0 Å². The molecule has 8 N–H and O–H groups in total. The Labute approximate surface area is 225 Å². The first-order valence-corrected chi connectivity index (χ1v) is 12.3. The summed E-state index contributed by atoms with van der Waals surface area (Å²) in [5.74, 6) is 0.240. The number of anilines is 2. The van der Waals surface area contributed by atoms with Crippen molar-refractivity contribution >= 4 is 57.0 Å². The Kier molecular flexibility index (Phi) is 7.00. The molecule has 2 aromatic heterocycles. The van der Waals surface area contributed by atoms with Crippen LogP contribution < -0.4 is 11.5 Å². The van der Waals surface area contributed by atoms with Gasteiger partial charge in [-0.1, -0.05) is 48.5 Å². The Morgan fingerprint density at radius 3 is 1.72 bits per heavy atom. The molecule has 0 fully saturated rings. The molecular formula is C31H28N6O2. The van der Waals surface area contributed by atoms with Gasteiger partial charge in [-0.05, 0) is 55.0 Å². The van der Waals surface area contributed by atoms with Crippen LogP contribution in [0.25, 0.3) is 21.8 Å². The largest absolute Gasteiger partial charge is 0.494 e. The molecule has 0 aliphatic rings. The maximum absolute atomic E-state index is 9.94. The third-order valence-electron chi connectivity index (χ3n) is 6.27. The molecule has 8 heteroatoms. The molecule has 6 rings (SSSR count). The van der Waals surface area contributed by atoms with Crippen LogP contribution in [-0.4, -0.2) is 32.6 Å². The van der Waals surface area contributed by atoms with E-state index >= 15 is 0 Å². The van der Waals surface area contributed by atoms with Crippen LogP contribution >= 0.6 is 0 Å². The summed E-state index contributed by atoms with van der Waals surface area (Å²) in [4.78, 5) is 14.5. The van der Waals surface area contributed by atoms with E-state index in [1.54, 1.807) is 18.5 Å². The number of aryl methyl sites for hydroxylation is 1. The number of nitrogens with two attached hydrogens (primary N) is 2. The van der Waals surface area contributed by atoms with Crippen LogP contribution in [0.2, 0.25) is 0 Å². The van der Waals surface area contributed by atoms with Crippen LogP contribution in [0.5, 0.6) is 11.8 Å². The van der Waals surface area contributed by atoms with Crippen molar-refractivity contribution < 1.29 is 10.2 Å². The molecule has 4 aromatic carbocycles. The Morgan fingerprint density at radius 1 is 0.641 bits per heavy atom. The molecule has 39 heavy (non-hydrogen) atoms. The summed E-state index contributed by atoms with van der Waals surface area (Å²) >= 11 is 0. The van der Waals surface area contributed by atoms with Crippen LogP contribution in [0.4, 0.5) is 22.7 Å². The van der Waals surface area contributed by atoms with E-state index in [4.69, 9.17) is 11.5 Å². The molecule has 0 atom stereocenters. The Balaban J connectivity index is 0.000000158. The second kappa shape index (κ2) is 10.9. The molecule has 8 nitrogen and oxygen atoms in total. The number of nitrogen functional groups attached to an aromatic ring is 2. The van der Waals surface area contributed by atoms with Crippen molar-refractivity contribution in [2.75, 3.05) is 11.5 Å². The summed E-state index contributed by atoms with van der Waals surface area (Å²) in [5, 5.41) is 21.7. The number of aliphatic imine (C=N–C) groups is 2. The zero-order chi connectivity index (χ0) is 27.4. The minimum absolute atomic E-state index is 0.119. The van der Waals surface area contributed by atoms with Crippen molar-refractivity contribution in [3.63, 3.8) is 0 Å². The highest BCUT2D eigenvalue weighted by atomic mass is 16.3. The summed E-state index contributed by atoms with van der Waals surface area (Å²) in [7, 11) is 0. The van der Waals surface area contributed by atoms with Gasteiger partial charge in [0.15, 0.2) is 11.8 Å². The fraction of sp³-hybridized carbons (Fsp3) is 0.0323. The molecule has 2 heterocycles. The summed E-state index contributed by atoms with van der Waals surface area (Å²) in [6.07, 6.45) is 3.29. The van der Waals surface area contributed by atoms with Crippen LogP contribution in [0.1, 0.15) is 16.7 Å². The van der Waals surface area contributed by atoms with E-state index in [1.165, 1.54) is 0 Å². The summed E-state index contributed by atoms with van der Waals surface area (Å²) in [6.45, 7) is 1.95. The van der Waals surface area contributed by atoms with Crippen molar-refractivity contribution in [3.8, 4) is 11.8 Å². The minimum atomic E-state index is 0.119. The molecular weight excluding hydrogens is 488 g/mol. The second-order valence-electron chi connectivity index (χ2n) is 9.02. The van der Waals surface area contributed by atoms with Crippen molar-refractivity contribution in [2.24, 2.45) is 9.98 Å². The number of H-pyrrole nitrogens is 2. The lowest BCUT2D eigenvalue weighted by Crippen LogP contribution is -1.87. The highest BCUT2D eigenvalue weighted by molar-refractivity contribution is 6.03. The first-order chi connectivity index (χ1) is 18.9. The predicted octanol–water partition coefficient (Wildman–Crippen LogP) is 6.72. The van der Waals surface area contributed by atoms with Crippen molar-refractivity contribution in [1.82, 2.24) is 9.97 Å². The first-order valence-electron chi connectivity index (χ1n) is 12.3. The lowest BCUT2D eigenvalue weighted by Gasteiger charge is -2.00. The van der Waals surface area contributed by atoms with Gasteiger partial charge in [-0.3, -0.25) is 9.98 Å². The van der Waals surface area contributed by atoms with Gasteiger partial charge < -0.3 is 31.6 Å². The maximum Gasteiger partial charge on any atom is 0.198 e. The average molecular weight is 517 g/mol. The highest BCUT2D eigenvalue weighted by Crippen LogP contribution is 2.27. The van der Waals surface area contributed by atoms with E-state index in [9.17, 15) is 10.2 Å². The second-order valence-corrected chi connectivity index (χ2v) is 9.02. The van der Waals surface area contributed by atoms with Crippen molar-refractivity contribution in [3.05, 3.63) is 108 Å². The van der Waals surface area contributed by atoms with Crippen LogP contribution in [0, 0.1) is 6.92 Å². The fourth-order valence-electron chi connectivity index (χ4n) is 4.15. The molecule has 194 valence electrons. The summed E-state index contributed by atoms with van der Waals surface area (Å²) < 4.78 is 0. The Morgan fingerprint density at radius 2 is 1.18 bits per heavy atom. The minimum Gasteiger partial charge on any atom is -0.494 e. The Hall–Kier alpha value is -5.50. The normalized spacial score (nSPS) is 11.4. The standard InChI is InChI=1S/C16H15N3O.C15H13N3O/c1-10-6-7-11(8-14(10)17)18-9-13-12-4-2-3-5-15(12)19-16(13)20;16-10-4-3-5-11(8-10)17-9-13-12-6-1-2-7-14(12)18-15(13)19/h2-9,19-20H,17H2,1H3;1-9,18-19H,16H2. The van der Waals surface area contributed by atoms with Crippen LogP contribution in [-0.2, 0) is 0 Å². The number of aromatic amines is 2. The number of aromatic hydroxyl groups is 2. The van der Waals surface area contributed by atoms with Crippen LogP contribution in [0.15, 0.2) is 101 Å². The number of nitrogens with zero attached hydrogens (tertiary/aromatic N) is 2.